The van der Waals surface area contributed by atoms with Gasteiger partial charge in [0.15, 0.2) is 0 Å². The maximum atomic E-state index is 14.1. The molecule has 5 heterocycles. The van der Waals surface area contributed by atoms with Gasteiger partial charge in [-0.05, 0) is 30.7 Å². The van der Waals surface area contributed by atoms with Crippen LogP contribution in [-0.2, 0) is 4.79 Å². The lowest BCUT2D eigenvalue weighted by Gasteiger charge is -2.21. The number of carbonyl (C=O) groups is 1. The van der Waals surface area contributed by atoms with Crippen molar-refractivity contribution in [3.05, 3.63) is 86.3 Å². The van der Waals surface area contributed by atoms with Gasteiger partial charge in [-0.2, -0.15) is 4.98 Å². The molecule has 5 aromatic rings. The minimum Gasteiger partial charge on any atom is -0.481 e. The van der Waals surface area contributed by atoms with Crippen LogP contribution in [-0.4, -0.2) is 54.8 Å². The molecule has 1 fully saturated rings. The van der Waals surface area contributed by atoms with Gasteiger partial charge in [-0.15, -0.1) is 0 Å². The zero-order valence-electron chi connectivity index (χ0n) is 20.7. The minimum absolute atomic E-state index is 0.0174. The Kier molecular flexibility index (Phi) is 6.02. The average Bonchev–Trinajstić information content (AvgIpc) is 3.58. The Hall–Kier alpha value is -4.78. The fraction of sp³-hybridized carbons (Fsp3) is 0.192. The summed E-state index contributed by atoms with van der Waals surface area (Å²) in [5.74, 6) is -2.64. The number of nitrogens with zero attached hydrogens (tertiary/aromatic N) is 6. The van der Waals surface area contributed by atoms with Gasteiger partial charge in [0.05, 0.1) is 35.5 Å². The summed E-state index contributed by atoms with van der Waals surface area (Å²) < 4.78 is 36.7. The fourth-order valence-electron chi connectivity index (χ4n) is 4.94. The molecule has 11 nitrogen and oxygen atoms in total. The maximum absolute atomic E-state index is 14.1. The number of anilines is 1. The molecule has 0 radical (unpaired) electrons. The number of methoxy groups -OCH3 is 1. The Labute approximate surface area is 228 Å². The van der Waals surface area contributed by atoms with Crippen molar-refractivity contribution in [2.75, 3.05) is 25.1 Å². The van der Waals surface area contributed by atoms with Crippen LogP contribution in [0, 0.1) is 17.6 Å². The second-order valence-corrected chi connectivity index (χ2v) is 9.61. The van der Waals surface area contributed by atoms with Crippen LogP contribution in [0.25, 0.3) is 28.1 Å². The van der Waals surface area contributed by atoms with Crippen LogP contribution >= 0.6 is 11.6 Å². The normalized spacial score (nSPS) is 15.3. The lowest BCUT2D eigenvalue weighted by atomic mass is 10.1. The highest BCUT2D eigenvalue weighted by Crippen LogP contribution is 2.31. The van der Waals surface area contributed by atoms with E-state index in [4.69, 9.17) is 16.3 Å². The number of halogens is 3. The monoisotopic (exact) mass is 568 g/mol. The zero-order chi connectivity index (χ0) is 28.3. The molecule has 204 valence electrons. The number of carboxylic acid groups (broad SMARTS) is 1. The van der Waals surface area contributed by atoms with E-state index in [2.05, 4.69) is 9.97 Å². The summed E-state index contributed by atoms with van der Waals surface area (Å²) in [6.45, 7) is 0.541. The molecule has 1 aliphatic rings. The molecule has 1 N–H and O–H groups in total. The Morgan fingerprint density at radius 3 is 2.65 bits per heavy atom. The Morgan fingerprint density at radius 1 is 1.15 bits per heavy atom. The smallest absolute Gasteiger partial charge is 0.342 e. The Morgan fingerprint density at radius 2 is 1.95 bits per heavy atom. The highest BCUT2D eigenvalue weighted by Gasteiger charge is 2.31. The molecule has 1 atom stereocenters. The number of benzene rings is 1. The minimum atomic E-state index is -0.941. The fourth-order valence-corrected chi connectivity index (χ4v) is 5.11. The first-order valence-electron chi connectivity index (χ1n) is 12.0. The number of ether oxygens (including phenoxy) is 1. The third kappa shape index (κ3) is 3.97. The molecule has 0 saturated carbocycles. The number of rotatable bonds is 5. The van der Waals surface area contributed by atoms with Gasteiger partial charge in [0.25, 0.3) is 5.56 Å². The van der Waals surface area contributed by atoms with Gasteiger partial charge in [0, 0.05) is 31.4 Å². The van der Waals surface area contributed by atoms with Gasteiger partial charge in [0.1, 0.15) is 34.3 Å². The number of aromatic nitrogens is 5. The molecule has 6 rings (SSSR count). The van der Waals surface area contributed by atoms with Crippen molar-refractivity contribution in [3.8, 4) is 17.4 Å². The van der Waals surface area contributed by atoms with Crippen molar-refractivity contribution < 1.29 is 23.4 Å². The van der Waals surface area contributed by atoms with Crippen molar-refractivity contribution in [3.63, 3.8) is 0 Å². The van der Waals surface area contributed by atoms with Crippen LogP contribution < -0.4 is 20.9 Å². The molecule has 1 aromatic carbocycles. The third-order valence-electron chi connectivity index (χ3n) is 6.89. The lowest BCUT2D eigenvalue weighted by molar-refractivity contribution is -0.140. The van der Waals surface area contributed by atoms with Gasteiger partial charge in [-0.1, -0.05) is 11.6 Å². The van der Waals surface area contributed by atoms with Gasteiger partial charge >= 0.3 is 11.7 Å². The van der Waals surface area contributed by atoms with Crippen LogP contribution in [0.1, 0.15) is 6.42 Å². The second kappa shape index (κ2) is 9.45. The molecular weight excluding hydrogens is 550 g/mol. The Balaban J connectivity index is 1.70. The van der Waals surface area contributed by atoms with E-state index >= 15 is 0 Å². The molecule has 14 heteroatoms. The number of hydrogen-bond acceptors (Lipinski definition) is 7. The molecule has 0 aliphatic carbocycles. The second-order valence-electron chi connectivity index (χ2n) is 9.20. The maximum Gasteiger partial charge on any atom is 0.342 e. The van der Waals surface area contributed by atoms with E-state index in [9.17, 15) is 28.3 Å². The SMILES string of the molecule is COc1nc(N2CC[C@@H](C(=O)O)C2)cc2c1c(=O)n(-c1cnc3cc(F)ccn13)c(=O)n2-c1ccc(F)c(Cl)c1. The van der Waals surface area contributed by atoms with E-state index in [1.165, 1.54) is 42.1 Å². The summed E-state index contributed by atoms with van der Waals surface area (Å²) in [5.41, 5.74) is -1.28. The molecule has 4 aromatic heterocycles. The summed E-state index contributed by atoms with van der Waals surface area (Å²) in [6.07, 6.45) is 2.96. The third-order valence-corrected chi connectivity index (χ3v) is 7.18. The number of hydrogen-bond donors (Lipinski definition) is 1. The van der Waals surface area contributed by atoms with Crippen molar-refractivity contribution >= 4 is 39.9 Å². The zero-order valence-corrected chi connectivity index (χ0v) is 21.5. The summed E-state index contributed by atoms with van der Waals surface area (Å²) in [4.78, 5) is 49.9. The van der Waals surface area contributed by atoms with E-state index in [1.54, 1.807) is 4.90 Å². The molecule has 0 unspecified atom stereocenters. The van der Waals surface area contributed by atoms with E-state index in [1.807, 2.05) is 0 Å². The van der Waals surface area contributed by atoms with Gasteiger partial charge in [-0.25, -0.2) is 23.1 Å². The van der Waals surface area contributed by atoms with Crippen LogP contribution in [0.4, 0.5) is 14.6 Å². The highest BCUT2D eigenvalue weighted by molar-refractivity contribution is 6.30. The lowest BCUT2D eigenvalue weighted by Crippen LogP contribution is -2.39. The van der Waals surface area contributed by atoms with Crippen LogP contribution in [0.2, 0.25) is 5.02 Å². The van der Waals surface area contributed by atoms with Gasteiger partial charge < -0.3 is 14.7 Å². The largest absolute Gasteiger partial charge is 0.481 e. The number of pyridine rings is 2. The molecule has 0 amide bonds. The van der Waals surface area contributed by atoms with Crippen molar-refractivity contribution in [1.29, 1.82) is 0 Å². The number of aliphatic carboxylic acids is 1. The number of fused-ring (bicyclic) bond motifs is 2. The van der Waals surface area contributed by atoms with E-state index in [0.717, 1.165) is 27.3 Å². The van der Waals surface area contributed by atoms with Crippen molar-refractivity contribution in [1.82, 2.24) is 23.5 Å². The van der Waals surface area contributed by atoms with E-state index in [-0.39, 0.29) is 51.3 Å². The Bertz CT molecular complexity index is 1970. The predicted molar refractivity (Wildman–Crippen MR) is 141 cm³/mol. The quantitative estimate of drug-likeness (QED) is 0.343. The first-order chi connectivity index (χ1) is 19.2. The molecule has 1 saturated heterocycles. The van der Waals surface area contributed by atoms with Crippen LogP contribution in [0.3, 0.4) is 0 Å². The summed E-state index contributed by atoms with van der Waals surface area (Å²) in [7, 11) is 1.31. The highest BCUT2D eigenvalue weighted by atomic mass is 35.5. The molecule has 1 aliphatic heterocycles. The molecule has 0 spiro atoms. The van der Waals surface area contributed by atoms with Crippen LogP contribution in [0.5, 0.6) is 5.88 Å². The molecule has 40 heavy (non-hydrogen) atoms. The van der Waals surface area contributed by atoms with Crippen molar-refractivity contribution in [2.45, 2.75) is 6.42 Å². The number of carboxylic acids is 1. The average molecular weight is 569 g/mol. The predicted octanol–water partition coefficient (Wildman–Crippen LogP) is 3.04. The summed E-state index contributed by atoms with van der Waals surface area (Å²) in [6, 6.07) is 7.42. The topological polar surface area (TPSA) is 124 Å². The standard InChI is InChI=1S/C26H19ClF2N6O5/c1-40-23-22-18(10-20(31-23)32-6-4-13(12-32)25(37)38)34(15-2-3-17(29)16(27)9-15)26(39)35(24(22)36)21-11-30-19-8-14(28)5-7-33(19)21/h2-3,5,7-11,13H,4,6,12H2,1H3,(H,37,38)/t13-/m1/s1. The molecule has 0 bridgehead atoms. The van der Waals surface area contributed by atoms with Gasteiger partial charge in [-0.3, -0.25) is 18.6 Å². The summed E-state index contributed by atoms with van der Waals surface area (Å²) >= 11 is 6.06. The van der Waals surface area contributed by atoms with Crippen molar-refractivity contribution in [2.24, 2.45) is 5.92 Å². The summed E-state index contributed by atoms with van der Waals surface area (Å²) in [5, 5.41) is 9.10. The first kappa shape index (κ1) is 25.5. The van der Waals surface area contributed by atoms with Gasteiger partial charge in [0.2, 0.25) is 5.88 Å². The van der Waals surface area contributed by atoms with Crippen LogP contribution in [0.15, 0.2) is 58.4 Å². The number of imidazole rings is 1. The van der Waals surface area contributed by atoms with E-state index in [0.29, 0.717) is 13.0 Å². The first-order valence-corrected chi connectivity index (χ1v) is 12.4. The van der Waals surface area contributed by atoms with E-state index < -0.39 is 34.8 Å². The molecular formula is C26H19ClF2N6O5.